The van der Waals surface area contributed by atoms with Crippen molar-refractivity contribution < 1.29 is 4.74 Å². The zero-order valence-corrected chi connectivity index (χ0v) is 20.4. The molecule has 0 spiro atoms. The predicted octanol–water partition coefficient (Wildman–Crippen LogP) is 4.18. The zero-order valence-electron chi connectivity index (χ0n) is 20.4. The summed E-state index contributed by atoms with van der Waals surface area (Å²) in [5.41, 5.74) is 10.2. The van der Waals surface area contributed by atoms with Gasteiger partial charge in [0.05, 0.1) is 16.7 Å². The fourth-order valence-electron chi connectivity index (χ4n) is 4.49. The van der Waals surface area contributed by atoms with Crippen LogP contribution in [0.3, 0.4) is 0 Å². The Morgan fingerprint density at radius 3 is 2.55 bits per heavy atom. The lowest BCUT2D eigenvalue weighted by molar-refractivity contribution is 0.0419. The number of fused-ring (bicyclic) bond motifs is 1. The van der Waals surface area contributed by atoms with E-state index >= 15 is 0 Å². The number of benzene rings is 1. The summed E-state index contributed by atoms with van der Waals surface area (Å²) in [6.07, 6.45) is 1.79. The fourth-order valence-corrected chi connectivity index (χ4v) is 4.49. The van der Waals surface area contributed by atoms with Crippen LogP contribution in [0.2, 0.25) is 0 Å². The normalized spacial score (nSPS) is 17.5. The molecule has 1 aliphatic heterocycles. The average Bonchev–Trinajstić information content (AvgIpc) is 3.16. The van der Waals surface area contributed by atoms with Crippen LogP contribution in [-0.4, -0.2) is 57.8 Å². The molecule has 0 radical (unpaired) electrons. The molecule has 2 atom stereocenters. The van der Waals surface area contributed by atoms with E-state index in [2.05, 4.69) is 40.8 Å². The monoisotopic (exact) mass is 450 g/mol. The van der Waals surface area contributed by atoms with Gasteiger partial charge in [-0.2, -0.15) is 0 Å². The first kappa shape index (κ1) is 23.7. The number of anilines is 1. The van der Waals surface area contributed by atoms with Crippen molar-refractivity contribution >= 4 is 17.0 Å². The van der Waals surface area contributed by atoms with E-state index in [-0.39, 0.29) is 12.3 Å². The number of aromatic nitrogens is 3. The van der Waals surface area contributed by atoms with E-state index in [1.165, 1.54) is 0 Å². The second-order valence-electron chi connectivity index (χ2n) is 9.43. The summed E-state index contributed by atoms with van der Waals surface area (Å²) in [4.78, 5) is 12.2. The number of aryl methyl sites for hydroxylation is 1. The highest BCUT2D eigenvalue weighted by molar-refractivity contribution is 5.79. The van der Waals surface area contributed by atoms with Crippen LogP contribution in [0.25, 0.3) is 11.0 Å². The minimum absolute atomic E-state index is 0.229. The highest BCUT2D eigenvalue weighted by Crippen LogP contribution is 2.30. The number of imidazole rings is 1. The van der Waals surface area contributed by atoms with Crippen LogP contribution in [0, 0.1) is 12.8 Å². The Morgan fingerprint density at radius 1 is 1.09 bits per heavy atom. The number of rotatable bonds is 9. The minimum Gasteiger partial charge on any atom is -0.353 e. The number of para-hydroxylation sites is 2. The van der Waals surface area contributed by atoms with Gasteiger partial charge >= 0.3 is 0 Å². The van der Waals surface area contributed by atoms with Crippen LogP contribution in [0.5, 0.6) is 0 Å². The summed E-state index contributed by atoms with van der Waals surface area (Å²) in [6.45, 7) is 12.1. The molecule has 33 heavy (non-hydrogen) atoms. The molecule has 1 saturated heterocycles. The Morgan fingerprint density at radius 2 is 1.85 bits per heavy atom. The van der Waals surface area contributed by atoms with Crippen LogP contribution in [0.1, 0.15) is 51.2 Å². The molecule has 0 bridgehead atoms. The van der Waals surface area contributed by atoms with Gasteiger partial charge in [0, 0.05) is 44.0 Å². The van der Waals surface area contributed by atoms with Crippen molar-refractivity contribution in [2.45, 2.75) is 58.8 Å². The Bertz CT molecular complexity index is 1040. The van der Waals surface area contributed by atoms with Crippen molar-refractivity contribution in [1.29, 1.82) is 0 Å². The predicted molar refractivity (Wildman–Crippen MR) is 134 cm³/mol. The number of hydrogen-bond donors (Lipinski definition) is 2. The van der Waals surface area contributed by atoms with Crippen LogP contribution < -0.4 is 11.1 Å². The second-order valence-corrected chi connectivity index (χ2v) is 9.43. The van der Waals surface area contributed by atoms with Crippen molar-refractivity contribution in [3.05, 3.63) is 53.9 Å². The van der Waals surface area contributed by atoms with E-state index in [1.807, 2.05) is 44.2 Å². The van der Waals surface area contributed by atoms with Gasteiger partial charge in [0.25, 0.3) is 0 Å². The van der Waals surface area contributed by atoms with Gasteiger partial charge in [-0.15, -0.1) is 0 Å². The van der Waals surface area contributed by atoms with Gasteiger partial charge in [0.15, 0.2) is 6.23 Å². The van der Waals surface area contributed by atoms with Crippen molar-refractivity contribution in [1.82, 2.24) is 19.4 Å². The smallest absolute Gasteiger partial charge is 0.206 e. The quantitative estimate of drug-likeness (QED) is 0.509. The summed E-state index contributed by atoms with van der Waals surface area (Å²) < 4.78 is 8.42. The average molecular weight is 451 g/mol. The van der Waals surface area contributed by atoms with E-state index in [4.69, 9.17) is 20.4 Å². The summed E-state index contributed by atoms with van der Waals surface area (Å²) in [5.74, 6) is 1.35. The molecule has 1 fully saturated rings. The van der Waals surface area contributed by atoms with Crippen LogP contribution in [-0.2, 0) is 4.74 Å². The fraction of sp³-hybridized carbons (Fsp3) is 0.538. The lowest BCUT2D eigenvalue weighted by Gasteiger charge is -2.35. The van der Waals surface area contributed by atoms with Gasteiger partial charge in [0.2, 0.25) is 5.95 Å². The van der Waals surface area contributed by atoms with Gasteiger partial charge in [-0.25, -0.2) is 4.98 Å². The first-order valence-electron chi connectivity index (χ1n) is 12.2. The molecule has 0 saturated carbocycles. The Labute approximate surface area is 197 Å². The molecular formula is C26H38N6O. The van der Waals surface area contributed by atoms with Gasteiger partial charge < -0.3 is 20.7 Å². The van der Waals surface area contributed by atoms with Crippen LogP contribution >= 0.6 is 0 Å². The second kappa shape index (κ2) is 10.6. The largest absolute Gasteiger partial charge is 0.353 e. The summed E-state index contributed by atoms with van der Waals surface area (Å²) in [6, 6.07) is 14.9. The molecule has 3 N–H and O–H groups in total. The van der Waals surface area contributed by atoms with Crippen LogP contribution in [0.4, 0.5) is 5.95 Å². The maximum absolute atomic E-state index is 6.31. The molecule has 0 amide bonds. The molecule has 178 valence electrons. The van der Waals surface area contributed by atoms with Gasteiger partial charge in [0.1, 0.15) is 0 Å². The molecule has 7 heteroatoms. The molecule has 3 aromatic rings. The van der Waals surface area contributed by atoms with Crippen LogP contribution in [0.15, 0.2) is 42.5 Å². The molecule has 1 aromatic carbocycles. The molecule has 0 aliphatic carbocycles. The van der Waals surface area contributed by atoms with Gasteiger partial charge in [-0.05, 0) is 56.9 Å². The molecule has 2 unspecified atom stereocenters. The Hall–Kier alpha value is -2.48. The summed E-state index contributed by atoms with van der Waals surface area (Å²) in [7, 11) is 0. The summed E-state index contributed by atoms with van der Waals surface area (Å²) in [5, 5.41) is 3.74. The third kappa shape index (κ3) is 5.54. The molecule has 2 aromatic heterocycles. The molecule has 3 heterocycles. The Kier molecular flexibility index (Phi) is 7.63. The zero-order chi connectivity index (χ0) is 23.4. The standard InChI is InChI=1S/C26H38N6O/c1-5-33-25(23-11-8-9-19(4)28-23)32-24-12-7-6-10-22(24)30-26(32)29-20-13-15-31(16-14-20)17-21(27)18(2)3/h6-12,18,20-21,25H,5,13-17,27H2,1-4H3,(H,29,30). The molecule has 7 nitrogen and oxygen atoms in total. The number of piperidine rings is 1. The maximum Gasteiger partial charge on any atom is 0.206 e. The number of ether oxygens (including phenoxy) is 1. The Balaban J connectivity index is 1.58. The van der Waals surface area contributed by atoms with E-state index in [0.717, 1.165) is 60.8 Å². The number of nitrogens with one attached hydrogen (secondary N) is 1. The van der Waals surface area contributed by atoms with Gasteiger partial charge in [-0.1, -0.05) is 32.0 Å². The molecule has 4 rings (SSSR count). The highest BCUT2D eigenvalue weighted by Gasteiger charge is 2.26. The first-order valence-corrected chi connectivity index (χ1v) is 12.2. The highest BCUT2D eigenvalue weighted by atomic mass is 16.5. The van der Waals surface area contributed by atoms with E-state index in [0.29, 0.717) is 18.6 Å². The van der Waals surface area contributed by atoms with Gasteiger partial charge in [-0.3, -0.25) is 9.55 Å². The van der Waals surface area contributed by atoms with E-state index in [1.54, 1.807) is 0 Å². The number of nitrogens with two attached hydrogens (primary N) is 1. The third-order valence-electron chi connectivity index (χ3n) is 6.56. The van der Waals surface area contributed by atoms with Crippen molar-refractivity contribution in [2.24, 2.45) is 11.7 Å². The van der Waals surface area contributed by atoms with E-state index in [9.17, 15) is 0 Å². The first-order chi connectivity index (χ1) is 16.0. The lowest BCUT2D eigenvalue weighted by atomic mass is 10.0. The number of pyridine rings is 1. The van der Waals surface area contributed by atoms with Crippen molar-refractivity contribution in [3.63, 3.8) is 0 Å². The number of hydrogen-bond acceptors (Lipinski definition) is 6. The lowest BCUT2D eigenvalue weighted by Crippen LogP contribution is -2.46. The van der Waals surface area contributed by atoms with E-state index < -0.39 is 0 Å². The topological polar surface area (TPSA) is 81.2 Å². The molecular weight excluding hydrogens is 412 g/mol. The third-order valence-corrected chi connectivity index (χ3v) is 6.56. The van der Waals surface area contributed by atoms with Crippen molar-refractivity contribution in [2.75, 3.05) is 31.6 Å². The number of likely N-dealkylation sites (tertiary alicyclic amines) is 1. The summed E-state index contributed by atoms with van der Waals surface area (Å²) >= 11 is 0. The molecule has 1 aliphatic rings. The minimum atomic E-state index is -0.339. The SMILES string of the molecule is CCOC(c1cccc(C)n1)n1c(NC2CCN(CC(N)C(C)C)CC2)nc2ccccc21. The maximum atomic E-state index is 6.31. The number of nitrogens with zero attached hydrogens (tertiary/aromatic N) is 4. The van der Waals surface area contributed by atoms with Crippen molar-refractivity contribution in [3.8, 4) is 0 Å².